The predicted octanol–water partition coefficient (Wildman–Crippen LogP) is 6.77. The second-order valence-corrected chi connectivity index (χ2v) is 11.1. The Morgan fingerprint density at radius 3 is 2.23 bits per heavy atom. The molecule has 0 N–H and O–H groups in total. The van der Waals surface area contributed by atoms with Gasteiger partial charge < -0.3 is 4.74 Å². The molecule has 0 amide bonds. The maximum absolute atomic E-state index is 14.0. The van der Waals surface area contributed by atoms with Gasteiger partial charge >= 0.3 is 0 Å². The summed E-state index contributed by atoms with van der Waals surface area (Å²) in [5.74, 6) is 1.07. The number of halogens is 2. The van der Waals surface area contributed by atoms with Gasteiger partial charge in [0.05, 0.1) is 22.2 Å². The molecule has 0 aliphatic heterocycles. The Balaban J connectivity index is 1.50. The molecule has 198 valence electrons. The Hall–Kier alpha value is -4.21. The van der Waals surface area contributed by atoms with Crippen LogP contribution in [0, 0.1) is 12.7 Å². The lowest BCUT2D eigenvalue weighted by atomic mass is 10.0. The van der Waals surface area contributed by atoms with Crippen LogP contribution in [-0.4, -0.2) is 23.2 Å². The van der Waals surface area contributed by atoms with Gasteiger partial charge in [0.25, 0.3) is 10.0 Å². The van der Waals surface area contributed by atoms with Crippen molar-refractivity contribution in [2.24, 2.45) is 7.05 Å². The molecule has 0 saturated heterocycles. The summed E-state index contributed by atoms with van der Waals surface area (Å²) in [5.41, 5.74) is 2.35. The van der Waals surface area contributed by atoms with Gasteiger partial charge in [-0.1, -0.05) is 48.0 Å². The van der Waals surface area contributed by atoms with Crippen LogP contribution in [0.4, 0.5) is 10.1 Å². The highest BCUT2D eigenvalue weighted by molar-refractivity contribution is 7.92. The van der Waals surface area contributed by atoms with Gasteiger partial charge in [-0.05, 0) is 78.2 Å². The molecule has 0 aliphatic rings. The molecule has 0 unspecified atom stereocenters. The first kappa shape index (κ1) is 26.4. The fourth-order valence-electron chi connectivity index (χ4n) is 4.12. The molecule has 0 spiro atoms. The number of para-hydroxylation sites is 1. The Kier molecular flexibility index (Phi) is 7.36. The lowest BCUT2D eigenvalue weighted by Crippen LogP contribution is -2.31. The molecule has 4 aromatic carbocycles. The van der Waals surface area contributed by atoms with E-state index in [0.29, 0.717) is 39.7 Å². The topological polar surface area (TPSA) is 77.3 Å². The third kappa shape index (κ3) is 5.79. The van der Waals surface area contributed by atoms with Crippen molar-refractivity contribution in [2.45, 2.75) is 18.4 Å². The number of anilines is 1. The molecule has 10 heteroatoms. The lowest BCUT2D eigenvalue weighted by molar-refractivity contribution is 0.482. The van der Waals surface area contributed by atoms with Crippen LogP contribution in [-0.2, 0) is 23.6 Å². The summed E-state index contributed by atoms with van der Waals surface area (Å²) in [5, 5.41) is 4.28. The van der Waals surface area contributed by atoms with Crippen LogP contribution in [0.1, 0.15) is 11.4 Å². The van der Waals surface area contributed by atoms with Crippen molar-refractivity contribution in [1.29, 1.82) is 0 Å². The Morgan fingerprint density at radius 2 is 1.59 bits per heavy atom. The summed E-state index contributed by atoms with van der Waals surface area (Å²) in [4.78, 5) is 4.36. The molecule has 0 radical (unpaired) electrons. The summed E-state index contributed by atoms with van der Waals surface area (Å²) in [6.45, 7) is 1.65. The monoisotopic (exact) mass is 562 g/mol. The molecular weight excluding hydrogens is 539 g/mol. The molecule has 0 fully saturated rings. The number of benzene rings is 4. The zero-order valence-corrected chi connectivity index (χ0v) is 22.7. The Bertz CT molecular complexity index is 1730. The zero-order chi connectivity index (χ0) is 27.6. The first-order valence-electron chi connectivity index (χ1n) is 12.0. The number of hydrogen-bond acceptors (Lipinski definition) is 5. The first-order chi connectivity index (χ1) is 18.7. The van der Waals surface area contributed by atoms with E-state index in [1.807, 2.05) is 30.3 Å². The third-order valence-corrected chi connectivity index (χ3v) is 8.26. The van der Waals surface area contributed by atoms with E-state index < -0.39 is 15.8 Å². The average molecular weight is 563 g/mol. The number of rotatable bonds is 8. The molecule has 5 aromatic rings. The van der Waals surface area contributed by atoms with Gasteiger partial charge in [0.2, 0.25) is 0 Å². The molecule has 0 saturated carbocycles. The summed E-state index contributed by atoms with van der Waals surface area (Å²) in [7, 11) is -2.32. The zero-order valence-electron chi connectivity index (χ0n) is 21.1. The maximum atomic E-state index is 14.0. The van der Waals surface area contributed by atoms with Crippen molar-refractivity contribution in [3.63, 3.8) is 0 Å². The van der Waals surface area contributed by atoms with E-state index in [1.165, 1.54) is 27.4 Å². The minimum atomic E-state index is -4.04. The van der Waals surface area contributed by atoms with E-state index in [9.17, 15) is 12.8 Å². The maximum Gasteiger partial charge on any atom is 0.264 e. The second-order valence-electron chi connectivity index (χ2n) is 8.86. The van der Waals surface area contributed by atoms with E-state index in [-0.39, 0.29) is 16.5 Å². The molecular formula is C29H24ClFN4O3S. The highest BCUT2D eigenvalue weighted by atomic mass is 35.5. The van der Waals surface area contributed by atoms with Crippen molar-refractivity contribution in [3.05, 3.63) is 120 Å². The second kappa shape index (κ2) is 10.9. The number of aryl methyl sites for hydroxylation is 2. The molecule has 0 atom stereocenters. The van der Waals surface area contributed by atoms with E-state index >= 15 is 0 Å². The SMILES string of the molecule is Cc1cc(-c2ccc(F)c(Cl)c2)ccc1S(=O)(=O)N(Cc1ncn(C)n1)c1ccc(Oc2ccccc2)cc1. The van der Waals surface area contributed by atoms with Crippen LogP contribution in [0.25, 0.3) is 11.1 Å². The van der Waals surface area contributed by atoms with E-state index in [4.69, 9.17) is 16.3 Å². The summed E-state index contributed by atoms with van der Waals surface area (Å²) in [6, 6.07) is 25.5. The van der Waals surface area contributed by atoms with Gasteiger partial charge in [-0.15, -0.1) is 0 Å². The van der Waals surface area contributed by atoms with Crippen LogP contribution in [0.2, 0.25) is 5.02 Å². The van der Waals surface area contributed by atoms with Gasteiger partial charge in [-0.25, -0.2) is 17.8 Å². The Labute approximate surface area is 231 Å². The molecule has 0 bridgehead atoms. The highest BCUT2D eigenvalue weighted by Crippen LogP contribution is 2.32. The molecule has 7 nitrogen and oxygen atoms in total. The largest absolute Gasteiger partial charge is 0.457 e. The molecule has 1 aromatic heterocycles. The van der Waals surface area contributed by atoms with Crippen molar-refractivity contribution in [3.8, 4) is 22.6 Å². The smallest absolute Gasteiger partial charge is 0.264 e. The van der Waals surface area contributed by atoms with Gasteiger partial charge in [0.15, 0.2) is 5.82 Å². The highest BCUT2D eigenvalue weighted by Gasteiger charge is 2.28. The summed E-state index contributed by atoms with van der Waals surface area (Å²) in [6.07, 6.45) is 1.52. The number of sulfonamides is 1. The van der Waals surface area contributed by atoms with Crippen molar-refractivity contribution in [1.82, 2.24) is 14.8 Å². The van der Waals surface area contributed by atoms with Crippen LogP contribution >= 0.6 is 11.6 Å². The minimum Gasteiger partial charge on any atom is -0.457 e. The summed E-state index contributed by atoms with van der Waals surface area (Å²) < 4.78 is 50.4. The molecule has 0 aliphatic carbocycles. The van der Waals surface area contributed by atoms with Crippen LogP contribution < -0.4 is 9.04 Å². The predicted molar refractivity (Wildman–Crippen MR) is 149 cm³/mol. The number of aromatic nitrogens is 3. The first-order valence-corrected chi connectivity index (χ1v) is 13.8. The van der Waals surface area contributed by atoms with Gasteiger partial charge in [-0.2, -0.15) is 5.10 Å². The molecule has 5 rings (SSSR count). The Morgan fingerprint density at radius 1 is 0.923 bits per heavy atom. The normalized spacial score (nSPS) is 11.4. The number of nitrogens with zero attached hydrogens (tertiary/aromatic N) is 4. The van der Waals surface area contributed by atoms with E-state index in [1.54, 1.807) is 62.5 Å². The number of ether oxygens (including phenoxy) is 1. The lowest BCUT2D eigenvalue weighted by Gasteiger charge is -2.24. The average Bonchev–Trinajstić information content (AvgIpc) is 3.34. The van der Waals surface area contributed by atoms with Crippen LogP contribution in [0.3, 0.4) is 0 Å². The molecule has 1 heterocycles. The van der Waals surface area contributed by atoms with Gasteiger partial charge in [-0.3, -0.25) is 8.99 Å². The van der Waals surface area contributed by atoms with Crippen LogP contribution in [0.15, 0.2) is 102 Å². The minimum absolute atomic E-state index is 0.00409. The quantitative estimate of drug-likeness (QED) is 0.208. The van der Waals surface area contributed by atoms with Crippen molar-refractivity contribution in [2.75, 3.05) is 4.31 Å². The molecule has 39 heavy (non-hydrogen) atoms. The number of hydrogen-bond donors (Lipinski definition) is 0. The van der Waals surface area contributed by atoms with Gasteiger partial charge in [0.1, 0.15) is 23.6 Å². The van der Waals surface area contributed by atoms with Gasteiger partial charge in [0, 0.05) is 7.05 Å². The van der Waals surface area contributed by atoms with E-state index in [0.717, 1.165) is 0 Å². The van der Waals surface area contributed by atoms with Crippen molar-refractivity contribution >= 4 is 27.3 Å². The third-order valence-electron chi connectivity index (χ3n) is 6.03. The fraction of sp³-hybridized carbons (Fsp3) is 0.103. The van der Waals surface area contributed by atoms with E-state index in [2.05, 4.69) is 10.1 Å². The van der Waals surface area contributed by atoms with Crippen LogP contribution in [0.5, 0.6) is 11.5 Å². The fourth-order valence-corrected chi connectivity index (χ4v) is 5.93. The standard InChI is InChI=1S/C29H24ClFN4O3S/c1-20-16-21(22-8-14-27(31)26(30)17-22)9-15-28(20)39(36,37)35(18-29-32-19-34(2)33-29)23-10-12-25(13-11-23)38-24-6-4-3-5-7-24/h3-17,19H,18H2,1-2H3. The summed E-state index contributed by atoms with van der Waals surface area (Å²) >= 11 is 5.95. The van der Waals surface area contributed by atoms with Crippen molar-refractivity contribution < 1.29 is 17.5 Å².